The second-order valence-electron chi connectivity index (χ2n) is 5.61. The third kappa shape index (κ3) is 3.40. The van der Waals surface area contributed by atoms with E-state index < -0.39 is 6.04 Å². The molecule has 23 heavy (non-hydrogen) atoms. The smallest absolute Gasteiger partial charge is 0.239 e. The Morgan fingerprint density at radius 1 is 1.30 bits per heavy atom. The predicted octanol–water partition coefficient (Wildman–Crippen LogP) is 1.37. The molecule has 1 aromatic carbocycles. The highest BCUT2D eigenvalue weighted by Crippen LogP contribution is 2.21. The maximum absolute atomic E-state index is 12.4. The minimum atomic E-state index is -0.425. The maximum Gasteiger partial charge on any atom is 0.239 e. The molecule has 0 spiro atoms. The summed E-state index contributed by atoms with van der Waals surface area (Å²) in [6.07, 6.45) is 2.73. The summed E-state index contributed by atoms with van der Waals surface area (Å²) in [5.41, 5.74) is 7.05. The van der Waals surface area contributed by atoms with Crippen molar-refractivity contribution < 1.29 is 4.79 Å². The van der Waals surface area contributed by atoms with Crippen LogP contribution in [-0.2, 0) is 17.9 Å². The first kappa shape index (κ1) is 16.0. The monoisotopic (exact) mass is 331 g/mol. The second-order valence-corrected chi connectivity index (χ2v) is 6.59. The zero-order valence-electron chi connectivity index (χ0n) is 13.2. The van der Waals surface area contributed by atoms with Crippen molar-refractivity contribution in [3.8, 4) is 11.4 Å². The third-order valence-corrected chi connectivity index (χ3v) is 4.69. The Labute approximate surface area is 140 Å². The number of fused-ring (bicyclic) bond motifs is 1. The molecule has 7 heteroatoms. The number of aromatic nitrogens is 3. The fourth-order valence-electron chi connectivity index (χ4n) is 2.75. The van der Waals surface area contributed by atoms with Crippen molar-refractivity contribution in [2.75, 3.05) is 18.6 Å². The standard InChI is InChI=1S/C16H21N5OS/c1-23-10-7-13(17)16(22)20-8-9-21-14(11-20)18-19-15(21)12-5-3-2-4-6-12/h2-6,13H,7-11,17H2,1H3/t13-/m0/s1. The van der Waals surface area contributed by atoms with Crippen LogP contribution in [0.1, 0.15) is 12.2 Å². The number of amides is 1. The molecule has 1 aliphatic rings. The maximum atomic E-state index is 12.4. The van der Waals surface area contributed by atoms with Gasteiger partial charge in [-0.25, -0.2) is 0 Å². The molecule has 0 aliphatic carbocycles. The van der Waals surface area contributed by atoms with Crippen molar-refractivity contribution >= 4 is 17.7 Å². The highest BCUT2D eigenvalue weighted by Gasteiger charge is 2.27. The normalized spacial score (nSPS) is 15.3. The van der Waals surface area contributed by atoms with Crippen LogP contribution >= 0.6 is 11.8 Å². The molecule has 122 valence electrons. The van der Waals surface area contributed by atoms with Crippen LogP contribution in [0, 0.1) is 0 Å². The first-order valence-corrected chi connectivity index (χ1v) is 9.11. The lowest BCUT2D eigenvalue weighted by Gasteiger charge is -2.29. The van der Waals surface area contributed by atoms with Gasteiger partial charge in [-0.2, -0.15) is 11.8 Å². The predicted molar refractivity (Wildman–Crippen MR) is 91.8 cm³/mol. The molecule has 0 fully saturated rings. The van der Waals surface area contributed by atoms with E-state index in [1.807, 2.05) is 36.6 Å². The summed E-state index contributed by atoms with van der Waals surface area (Å²) in [5.74, 6) is 2.59. The van der Waals surface area contributed by atoms with Crippen molar-refractivity contribution in [1.82, 2.24) is 19.7 Å². The number of nitrogens with zero attached hydrogens (tertiary/aromatic N) is 4. The Morgan fingerprint density at radius 2 is 2.09 bits per heavy atom. The van der Waals surface area contributed by atoms with Gasteiger partial charge in [0.05, 0.1) is 12.6 Å². The van der Waals surface area contributed by atoms with E-state index in [9.17, 15) is 4.79 Å². The molecule has 0 bridgehead atoms. The minimum Gasteiger partial charge on any atom is -0.332 e. The first-order chi connectivity index (χ1) is 11.2. The number of rotatable bonds is 5. The Balaban J connectivity index is 1.73. The van der Waals surface area contributed by atoms with E-state index in [0.717, 1.165) is 23.0 Å². The Hall–Kier alpha value is -1.86. The zero-order valence-corrected chi connectivity index (χ0v) is 14.0. The van der Waals surface area contributed by atoms with Gasteiger partial charge in [-0.1, -0.05) is 30.3 Å². The van der Waals surface area contributed by atoms with Crippen LogP contribution in [-0.4, -0.2) is 50.2 Å². The van der Waals surface area contributed by atoms with Gasteiger partial charge in [0.2, 0.25) is 5.91 Å². The average Bonchev–Trinajstić information content (AvgIpc) is 3.02. The van der Waals surface area contributed by atoms with E-state index in [1.165, 1.54) is 0 Å². The highest BCUT2D eigenvalue weighted by atomic mass is 32.2. The number of carbonyl (C=O) groups excluding carboxylic acids is 1. The van der Waals surface area contributed by atoms with Gasteiger partial charge < -0.3 is 15.2 Å². The molecule has 6 nitrogen and oxygen atoms in total. The number of hydrogen-bond acceptors (Lipinski definition) is 5. The van der Waals surface area contributed by atoms with E-state index in [2.05, 4.69) is 14.8 Å². The van der Waals surface area contributed by atoms with Crippen LogP contribution in [0.5, 0.6) is 0 Å². The molecule has 2 heterocycles. The van der Waals surface area contributed by atoms with E-state index in [1.54, 1.807) is 16.7 Å². The van der Waals surface area contributed by atoms with Crippen LogP contribution in [0.3, 0.4) is 0 Å². The molecule has 1 aliphatic heterocycles. The van der Waals surface area contributed by atoms with Crippen LogP contribution in [0.15, 0.2) is 30.3 Å². The van der Waals surface area contributed by atoms with Crippen LogP contribution in [0.4, 0.5) is 0 Å². The van der Waals surface area contributed by atoms with Gasteiger partial charge in [-0.05, 0) is 18.4 Å². The summed E-state index contributed by atoms with van der Waals surface area (Å²) in [5, 5.41) is 8.56. The molecular formula is C16H21N5OS. The SMILES string of the molecule is CSCC[C@H](N)C(=O)N1CCn2c(nnc2-c2ccccc2)C1. The summed E-state index contributed by atoms with van der Waals surface area (Å²) in [4.78, 5) is 14.2. The van der Waals surface area contributed by atoms with E-state index in [0.29, 0.717) is 26.1 Å². The zero-order chi connectivity index (χ0) is 16.2. The molecule has 0 saturated carbocycles. The van der Waals surface area contributed by atoms with Crippen molar-refractivity contribution in [3.05, 3.63) is 36.2 Å². The van der Waals surface area contributed by atoms with Crippen molar-refractivity contribution in [3.63, 3.8) is 0 Å². The van der Waals surface area contributed by atoms with Gasteiger partial charge in [0.1, 0.15) is 0 Å². The Bertz CT molecular complexity index is 672. The van der Waals surface area contributed by atoms with Crippen LogP contribution in [0.2, 0.25) is 0 Å². The second kappa shape index (κ2) is 7.14. The minimum absolute atomic E-state index is 0.00885. The molecule has 0 unspecified atom stereocenters. The molecule has 2 aromatic rings. The molecule has 1 aromatic heterocycles. The largest absolute Gasteiger partial charge is 0.332 e. The first-order valence-electron chi connectivity index (χ1n) is 7.71. The summed E-state index contributed by atoms with van der Waals surface area (Å²) in [6.45, 7) is 1.83. The lowest BCUT2D eigenvalue weighted by Crippen LogP contribution is -2.47. The molecular weight excluding hydrogens is 310 g/mol. The lowest BCUT2D eigenvalue weighted by molar-refractivity contribution is -0.134. The topological polar surface area (TPSA) is 77.0 Å². The highest BCUT2D eigenvalue weighted by molar-refractivity contribution is 7.98. The Kier molecular flexibility index (Phi) is 4.97. The number of thioether (sulfide) groups is 1. The number of benzene rings is 1. The molecule has 2 N–H and O–H groups in total. The fraction of sp³-hybridized carbons (Fsp3) is 0.438. The van der Waals surface area contributed by atoms with Gasteiger partial charge in [0.25, 0.3) is 0 Å². The van der Waals surface area contributed by atoms with Crippen LogP contribution in [0.25, 0.3) is 11.4 Å². The lowest BCUT2D eigenvalue weighted by atomic mass is 10.2. The molecule has 0 radical (unpaired) electrons. The van der Waals surface area contributed by atoms with Crippen molar-refractivity contribution in [1.29, 1.82) is 0 Å². The van der Waals surface area contributed by atoms with Crippen molar-refractivity contribution in [2.24, 2.45) is 5.73 Å². The van der Waals surface area contributed by atoms with Crippen molar-refractivity contribution in [2.45, 2.75) is 25.6 Å². The van der Waals surface area contributed by atoms with Crippen LogP contribution < -0.4 is 5.73 Å². The molecule has 1 atom stereocenters. The quantitative estimate of drug-likeness (QED) is 0.895. The number of hydrogen-bond donors (Lipinski definition) is 1. The number of carbonyl (C=O) groups is 1. The third-order valence-electron chi connectivity index (χ3n) is 4.05. The van der Waals surface area contributed by atoms with Gasteiger partial charge in [-0.3, -0.25) is 4.79 Å². The summed E-state index contributed by atoms with van der Waals surface area (Å²) in [7, 11) is 0. The van der Waals surface area contributed by atoms with E-state index in [-0.39, 0.29) is 5.91 Å². The van der Waals surface area contributed by atoms with E-state index in [4.69, 9.17) is 5.73 Å². The fourth-order valence-corrected chi connectivity index (χ4v) is 3.24. The van der Waals surface area contributed by atoms with Gasteiger partial charge in [-0.15, -0.1) is 10.2 Å². The molecule has 3 rings (SSSR count). The molecule has 1 amide bonds. The van der Waals surface area contributed by atoms with Gasteiger partial charge in [0.15, 0.2) is 11.6 Å². The van der Waals surface area contributed by atoms with E-state index >= 15 is 0 Å². The average molecular weight is 331 g/mol. The number of nitrogens with two attached hydrogens (primary N) is 1. The summed E-state index contributed by atoms with van der Waals surface area (Å²) < 4.78 is 2.09. The Morgan fingerprint density at radius 3 is 2.83 bits per heavy atom. The summed E-state index contributed by atoms with van der Waals surface area (Å²) >= 11 is 1.71. The summed E-state index contributed by atoms with van der Waals surface area (Å²) in [6, 6.07) is 9.57. The molecule has 0 saturated heterocycles. The van der Waals surface area contributed by atoms with Gasteiger partial charge >= 0.3 is 0 Å². The van der Waals surface area contributed by atoms with Gasteiger partial charge in [0, 0.05) is 18.7 Å².